The van der Waals surface area contributed by atoms with E-state index in [0.29, 0.717) is 66.3 Å². The van der Waals surface area contributed by atoms with Gasteiger partial charge in [-0.05, 0) is 30.3 Å². The number of aromatic nitrogens is 1. The third-order valence-electron chi connectivity index (χ3n) is 5.36. The number of anilines is 1. The Morgan fingerprint density at radius 1 is 1.09 bits per heavy atom. The molecule has 1 saturated heterocycles. The molecule has 1 fully saturated rings. The number of hydrogen-bond donors (Lipinski definition) is 0. The first kappa shape index (κ1) is 22.1. The fraction of sp³-hybridized carbons (Fsp3) is 0.273. The summed E-state index contributed by atoms with van der Waals surface area (Å²) in [5, 5.41) is 11.8. The molecule has 32 heavy (non-hydrogen) atoms. The third kappa shape index (κ3) is 5.03. The van der Waals surface area contributed by atoms with Gasteiger partial charge in [-0.25, -0.2) is 4.98 Å². The third-order valence-corrected chi connectivity index (χ3v) is 5.91. The lowest BCUT2D eigenvalue weighted by molar-refractivity contribution is -0.384. The standard InChI is InChI=1S/C22H20Cl2N4O4/c23-15-1-6-18(19(24)13-15)20-14-25-21(32-20)7-8-22(29)27-11-9-26(10-12-27)16-2-4-17(5-3-16)28(30)31/h1-6,13-14H,7-12H2. The minimum atomic E-state index is -0.415. The summed E-state index contributed by atoms with van der Waals surface area (Å²) in [6.45, 7) is 2.52. The lowest BCUT2D eigenvalue weighted by Crippen LogP contribution is -2.48. The number of aryl methyl sites for hydroxylation is 1. The minimum absolute atomic E-state index is 0.0395. The van der Waals surface area contributed by atoms with Gasteiger partial charge in [-0.15, -0.1) is 0 Å². The fourth-order valence-electron chi connectivity index (χ4n) is 3.61. The van der Waals surface area contributed by atoms with E-state index in [-0.39, 0.29) is 11.6 Å². The molecule has 3 aromatic rings. The van der Waals surface area contributed by atoms with Crippen LogP contribution < -0.4 is 4.90 Å². The van der Waals surface area contributed by atoms with Crippen LogP contribution in [0, 0.1) is 10.1 Å². The van der Waals surface area contributed by atoms with E-state index in [1.807, 2.05) is 4.90 Å². The molecule has 0 radical (unpaired) electrons. The first-order valence-corrected chi connectivity index (χ1v) is 10.8. The largest absolute Gasteiger partial charge is 0.441 e. The number of hydrogen-bond acceptors (Lipinski definition) is 6. The smallest absolute Gasteiger partial charge is 0.269 e. The summed E-state index contributed by atoms with van der Waals surface area (Å²) >= 11 is 12.1. The molecule has 0 N–H and O–H groups in total. The molecule has 0 saturated carbocycles. The maximum absolute atomic E-state index is 12.6. The minimum Gasteiger partial charge on any atom is -0.441 e. The number of benzene rings is 2. The molecule has 0 bridgehead atoms. The van der Waals surface area contributed by atoms with Crippen molar-refractivity contribution in [1.29, 1.82) is 0 Å². The molecule has 2 heterocycles. The van der Waals surface area contributed by atoms with Crippen molar-refractivity contribution in [2.24, 2.45) is 0 Å². The quantitative estimate of drug-likeness (QED) is 0.374. The number of oxazole rings is 1. The van der Waals surface area contributed by atoms with Crippen molar-refractivity contribution in [3.8, 4) is 11.3 Å². The highest BCUT2D eigenvalue weighted by atomic mass is 35.5. The molecule has 1 aromatic heterocycles. The van der Waals surface area contributed by atoms with Crippen molar-refractivity contribution in [2.45, 2.75) is 12.8 Å². The topological polar surface area (TPSA) is 92.7 Å². The zero-order chi connectivity index (χ0) is 22.7. The Balaban J connectivity index is 1.28. The monoisotopic (exact) mass is 474 g/mol. The summed E-state index contributed by atoms with van der Waals surface area (Å²) in [7, 11) is 0. The zero-order valence-electron chi connectivity index (χ0n) is 17.0. The predicted molar refractivity (Wildman–Crippen MR) is 122 cm³/mol. The van der Waals surface area contributed by atoms with Crippen LogP contribution in [0.25, 0.3) is 11.3 Å². The average molecular weight is 475 g/mol. The van der Waals surface area contributed by atoms with Crippen LogP contribution in [0.4, 0.5) is 11.4 Å². The second kappa shape index (κ2) is 9.58. The number of non-ortho nitro benzene ring substituents is 1. The highest BCUT2D eigenvalue weighted by Crippen LogP contribution is 2.31. The molecule has 1 amide bonds. The van der Waals surface area contributed by atoms with Crippen LogP contribution in [-0.4, -0.2) is 46.9 Å². The number of rotatable bonds is 6. The summed E-state index contributed by atoms with van der Waals surface area (Å²) in [6.07, 6.45) is 2.29. The van der Waals surface area contributed by atoms with Gasteiger partial charge in [0.05, 0.1) is 16.1 Å². The van der Waals surface area contributed by atoms with Gasteiger partial charge in [-0.1, -0.05) is 23.2 Å². The number of nitro groups is 1. The van der Waals surface area contributed by atoms with Crippen molar-refractivity contribution < 1.29 is 14.1 Å². The molecule has 2 aromatic carbocycles. The highest BCUT2D eigenvalue weighted by Gasteiger charge is 2.22. The van der Waals surface area contributed by atoms with E-state index in [9.17, 15) is 14.9 Å². The summed E-state index contributed by atoms with van der Waals surface area (Å²) in [5.74, 6) is 1.05. The van der Waals surface area contributed by atoms with E-state index >= 15 is 0 Å². The number of carbonyl (C=O) groups is 1. The van der Waals surface area contributed by atoms with Crippen molar-refractivity contribution in [3.63, 3.8) is 0 Å². The van der Waals surface area contributed by atoms with Crippen LogP contribution in [0.3, 0.4) is 0 Å². The van der Waals surface area contributed by atoms with E-state index in [4.69, 9.17) is 27.6 Å². The summed E-state index contributed by atoms with van der Waals surface area (Å²) < 4.78 is 5.76. The summed E-state index contributed by atoms with van der Waals surface area (Å²) in [5.41, 5.74) is 1.68. The molecular weight excluding hydrogens is 455 g/mol. The van der Waals surface area contributed by atoms with Crippen LogP contribution in [0.5, 0.6) is 0 Å². The highest BCUT2D eigenvalue weighted by molar-refractivity contribution is 6.36. The molecule has 0 atom stereocenters. The van der Waals surface area contributed by atoms with Gasteiger partial charge in [0, 0.05) is 67.4 Å². The Labute approximate surface area is 194 Å². The Morgan fingerprint density at radius 3 is 2.47 bits per heavy atom. The van der Waals surface area contributed by atoms with Gasteiger partial charge in [0.1, 0.15) is 0 Å². The lowest BCUT2D eigenvalue weighted by atomic mass is 10.2. The van der Waals surface area contributed by atoms with Gasteiger partial charge in [-0.3, -0.25) is 14.9 Å². The normalized spacial score (nSPS) is 13.9. The van der Waals surface area contributed by atoms with Gasteiger partial charge in [0.2, 0.25) is 5.91 Å². The predicted octanol–water partition coefficient (Wildman–Crippen LogP) is 4.84. The first-order valence-electron chi connectivity index (χ1n) is 10.1. The number of nitro benzene ring substituents is 1. The number of halogens is 2. The molecule has 1 aliphatic heterocycles. The van der Waals surface area contributed by atoms with Crippen LogP contribution in [0.15, 0.2) is 53.1 Å². The molecule has 1 aliphatic rings. The number of piperazine rings is 1. The molecule has 0 aliphatic carbocycles. The van der Waals surface area contributed by atoms with E-state index in [2.05, 4.69) is 9.88 Å². The maximum atomic E-state index is 12.6. The van der Waals surface area contributed by atoms with Crippen molar-refractivity contribution in [2.75, 3.05) is 31.1 Å². The fourth-order valence-corrected chi connectivity index (χ4v) is 4.11. The van der Waals surface area contributed by atoms with Gasteiger partial charge < -0.3 is 14.2 Å². The Hall–Kier alpha value is -3.10. The number of carbonyl (C=O) groups excluding carboxylic acids is 1. The molecule has 8 nitrogen and oxygen atoms in total. The second-order valence-corrected chi connectivity index (χ2v) is 8.23. The molecule has 166 valence electrons. The molecule has 0 unspecified atom stereocenters. The second-order valence-electron chi connectivity index (χ2n) is 7.38. The van der Waals surface area contributed by atoms with E-state index in [1.54, 1.807) is 36.5 Å². The van der Waals surface area contributed by atoms with Crippen molar-refractivity contribution >= 4 is 40.5 Å². The number of amides is 1. The van der Waals surface area contributed by atoms with Gasteiger partial charge >= 0.3 is 0 Å². The van der Waals surface area contributed by atoms with E-state index in [0.717, 1.165) is 5.69 Å². The molecular formula is C22H20Cl2N4O4. The van der Waals surface area contributed by atoms with Crippen LogP contribution in [-0.2, 0) is 11.2 Å². The maximum Gasteiger partial charge on any atom is 0.269 e. The molecule has 4 rings (SSSR count). The van der Waals surface area contributed by atoms with Crippen LogP contribution in [0.1, 0.15) is 12.3 Å². The SMILES string of the molecule is O=C(CCc1ncc(-c2ccc(Cl)cc2Cl)o1)N1CCN(c2ccc([N+](=O)[O-])cc2)CC1. The van der Waals surface area contributed by atoms with E-state index < -0.39 is 4.92 Å². The zero-order valence-corrected chi connectivity index (χ0v) is 18.6. The van der Waals surface area contributed by atoms with E-state index in [1.165, 1.54) is 12.1 Å². The van der Waals surface area contributed by atoms with Gasteiger partial charge in [0.25, 0.3) is 5.69 Å². The van der Waals surface area contributed by atoms with Crippen molar-refractivity contribution in [3.05, 3.63) is 74.7 Å². The Kier molecular flexibility index (Phi) is 6.62. The van der Waals surface area contributed by atoms with Crippen molar-refractivity contribution in [1.82, 2.24) is 9.88 Å². The first-order chi connectivity index (χ1) is 15.4. The average Bonchev–Trinajstić information content (AvgIpc) is 3.26. The Bertz CT molecular complexity index is 1130. The summed E-state index contributed by atoms with van der Waals surface area (Å²) in [4.78, 5) is 31.2. The Morgan fingerprint density at radius 2 is 1.81 bits per heavy atom. The number of nitrogens with zero attached hydrogens (tertiary/aromatic N) is 4. The van der Waals surface area contributed by atoms with Crippen LogP contribution in [0.2, 0.25) is 10.0 Å². The van der Waals surface area contributed by atoms with Gasteiger partial charge in [0.15, 0.2) is 11.7 Å². The summed E-state index contributed by atoms with van der Waals surface area (Å²) in [6, 6.07) is 11.6. The molecule has 10 heteroatoms. The lowest BCUT2D eigenvalue weighted by Gasteiger charge is -2.36. The van der Waals surface area contributed by atoms with Gasteiger partial charge in [-0.2, -0.15) is 0 Å². The van der Waals surface area contributed by atoms with Crippen LogP contribution >= 0.6 is 23.2 Å². The molecule has 0 spiro atoms.